The predicted octanol–water partition coefficient (Wildman–Crippen LogP) is 19.0. The molecule has 338 valence electrons. The second-order valence-corrected chi connectivity index (χ2v) is 18.8. The van der Waals surface area contributed by atoms with Crippen LogP contribution < -0.4 is 4.90 Å². The molecule has 1 aliphatic rings. The molecule has 0 spiro atoms. The lowest BCUT2D eigenvalue weighted by Crippen LogP contribution is -2.28. The Hall–Kier alpha value is -9.30. The highest BCUT2D eigenvalue weighted by molar-refractivity contribution is 5.96. The molecule has 13 rings (SSSR count). The van der Waals surface area contributed by atoms with Crippen LogP contribution in [0.25, 0.3) is 77.5 Å². The standard InChI is InChI=1S/C71H49N/c1-4-17-50(18-5-1)52-35-38-56(39-36-52)64-25-13-15-30-69(64)72(62-45-41-54(42-46-62)53-31-33-55(34-32-53)59-40-37-51-19-10-11-20-58(51)49-59)63-47-43-57(44-48-63)65-27-16-29-68-70(65)66-26-12-14-28-67(66)71(68,60-21-6-2-7-22-60)61-23-8-3-9-24-61/h1-49H. The first-order valence-electron chi connectivity index (χ1n) is 24.9. The molecule has 0 aliphatic heterocycles. The topological polar surface area (TPSA) is 3.24 Å². The number of para-hydroxylation sites is 1. The Morgan fingerprint density at radius 1 is 0.236 bits per heavy atom. The van der Waals surface area contributed by atoms with Crippen molar-refractivity contribution in [3.63, 3.8) is 0 Å². The van der Waals surface area contributed by atoms with Gasteiger partial charge in [0, 0.05) is 16.9 Å². The monoisotopic (exact) mass is 915 g/mol. The second kappa shape index (κ2) is 18.2. The lowest BCUT2D eigenvalue weighted by atomic mass is 9.67. The van der Waals surface area contributed by atoms with E-state index in [4.69, 9.17) is 0 Å². The van der Waals surface area contributed by atoms with Gasteiger partial charge in [-0.2, -0.15) is 0 Å². The van der Waals surface area contributed by atoms with Crippen LogP contribution in [0.2, 0.25) is 0 Å². The van der Waals surface area contributed by atoms with Gasteiger partial charge in [0.2, 0.25) is 0 Å². The van der Waals surface area contributed by atoms with E-state index in [2.05, 4.69) is 302 Å². The normalized spacial score (nSPS) is 12.3. The maximum absolute atomic E-state index is 2.41. The van der Waals surface area contributed by atoms with E-state index in [9.17, 15) is 0 Å². The summed E-state index contributed by atoms with van der Waals surface area (Å²) in [4.78, 5) is 2.41. The minimum Gasteiger partial charge on any atom is -0.310 e. The number of benzene rings is 12. The van der Waals surface area contributed by atoms with Crippen LogP contribution >= 0.6 is 0 Å². The van der Waals surface area contributed by atoms with Gasteiger partial charge >= 0.3 is 0 Å². The van der Waals surface area contributed by atoms with Crippen molar-refractivity contribution in [3.05, 3.63) is 320 Å². The summed E-state index contributed by atoms with van der Waals surface area (Å²) in [5.74, 6) is 0. The van der Waals surface area contributed by atoms with Gasteiger partial charge in [0.15, 0.2) is 0 Å². The van der Waals surface area contributed by atoms with E-state index in [-0.39, 0.29) is 0 Å². The van der Waals surface area contributed by atoms with Crippen LogP contribution in [0.1, 0.15) is 22.3 Å². The highest BCUT2D eigenvalue weighted by Gasteiger charge is 2.46. The average molecular weight is 916 g/mol. The highest BCUT2D eigenvalue weighted by Crippen LogP contribution is 2.58. The molecule has 12 aromatic rings. The Bertz CT molecular complexity index is 3820. The van der Waals surface area contributed by atoms with Gasteiger partial charge in [-0.15, -0.1) is 0 Å². The van der Waals surface area contributed by atoms with E-state index in [0.29, 0.717) is 0 Å². The molecule has 0 amide bonds. The molecule has 72 heavy (non-hydrogen) atoms. The molecular formula is C71H49N. The minimum absolute atomic E-state index is 0.463. The van der Waals surface area contributed by atoms with Gasteiger partial charge in [-0.05, 0) is 131 Å². The van der Waals surface area contributed by atoms with Gasteiger partial charge in [-0.1, -0.05) is 261 Å². The van der Waals surface area contributed by atoms with E-state index in [1.165, 1.54) is 88.7 Å². The van der Waals surface area contributed by atoms with Crippen LogP contribution in [-0.4, -0.2) is 0 Å². The third-order valence-electron chi connectivity index (χ3n) is 14.8. The smallest absolute Gasteiger partial charge is 0.0713 e. The van der Waals surface area contributed by atoms with Crippen molar-refractivity contribution < 1.29 is 0 Å². The van der Waals surface area contributed by atoms with Gasteiger partial charge < -0.3 is 4.90 Å². The summed E-state index contributed by atoms with van der Waals surface area (Å²) in [6, 6.07) is 109. The van der Waals surface area contributed by atoms with Gasteiger partial charge in [-0.25, -0.2) is 0 Å². The van der Waals surface area contributed by atoms with Crippen molar-refractivity contribution in [2.75, 3.05) is 4.90 Å². The molecule has 0 fully saturated rings. The fraction of sp³-hybridized carbons (Fsp3) is 0.0141. The SMILES string of the molecule is c1ccc(-c2ccc(-c3ccccc3N(c3ccc(-c4ccc(-c5ccc6ccccc6c5)cc4)cc3)c3ccc(-c4cccc5c4-c4ccccc4C5(c4ccccc4)c4ccccc4)cc3)cc2)cc1. The summed E-state index contributed by atoms with van der Waals surface area (Å²) >= 11 is 0. The number of nitrogens with zero attached hydrogens (tertiary/aromatic N) is 1. The van der Waals surface area contributed by atoms with Gasteiger partial charge in [0.05, 0.1) is 11.1 Å². The first kappa shape index (κ1) is 42.8. The summed E-state index contributed by atoms with van der Waals surface area (Å²) in [7, 11) is 0. The maximum atomic E-state index is 2.41. The van der Waals surface area contributed by atoms with Crippen LogP contribution in [0, 0.1) is 0 Å². The molecule has 1 heteroatoms. The summed E-state index contributed by atoms with van der Waals surface area (Å²) in [6.07, 6.45) is 0. The number of anilines is 3. The van der Waals surface area contributed by atoms with E-state index in [1.807, 2.05) is 0 Å². The molecule has 1 aliphatic carbocycles. The Kier molecular flexibility index (Phi) is 10.8. The lowest BCUT2D eigenvalue weighted by Gasteiger charge is -2.34. The largest absolute Gasteiger partial charge is 0.310 e. The zero-order chi connectivity index (χ0) is 47.8. The van der Waals surface area contributed by atoms with Crippen molar-refractivity contribution in [1.82, 2.24) is 0 Å². The minimum atomic E-state index is -0.463. The van der Waals surface area contributed by atoms with Crippen LogP contribution in [-0.2, 0) is 5.41 Å². The third kappa shape index (κ3) is 7.42. The van der Waals surface area contributed by atoms with Gasteiger partial charge in [0.1, 0.15) is 0 Å². The van der Waals surface area contributed by atoms with Crippen molar-refractivity contribution in [3.8, 4) is 66.8 Å². The van der Waals surface area contributed by atoms with E-state index in [1.54, 1.807) is 0 Å². The van der Waals surface area contributed by atoms with Crippen LogP contribution in [0.5, 0.6) is 0 Å². The van der Waals surface area contributed by atoms with Crippen LogP contribution in [0.15, 0.2) is 297 Å². The van der Waals surface area contributed by atoms with Crippen LogP contribution in [0.4, 0.5) is 17.1 Å². The first-order valence-corrected chi connectivity index (χ1v) is 24.9. The Morgan fingerprint density at radius 2 is 0.639 bits per heavy atom. The predicted molar refractivity (Wildman–Crippen MR) is 303 cm³/mol. The maximum Gasteiger partial charge on any atom is 0.0713 e. The summed E-state index contributed by atoms with van der Waals surface area (Å²) in [5.41, 5.74) is 22.4. The molecule has 0 unspecified atom stereocenters. The van der Waals surface area contributed by atoms with Crippen molar-refractivity contribution in [2.45, 2.75) is 5.41 Å². The number of fused-ring (bicyclic) bond motifs is 4. The fourth-order valence-electron chi connectivity index (χ4n) is 11.4. The van der Waals surface area contributed by atoms with Crippen molar-refractivity contribution in [1.29, 1.82) is 0 Å². The third-order valence-corrected chi connectivity index (χ3v) is 14.8. The molecule has 0 N–H and O–H groups in total. The average Bonchev–Trinajstić information content (AvgIpc) is 3.78. The molecule has 0 atom stereocenters. The number of hydrogen-bond acceptors (Lipinski definition) is 1. The molecule has 0 radical (unpaired) electrons. The number of rotatable bonds is 10. The highest BCUT2D eigenvalue weighted by atomic mass is 15.1. The van der Waals surface area contributed by atoms with Gasteiger partial charge in [-0.3, -0.25) is 0 Å². The Labute approximate surface area is 422 Å². The zero-order valence-corrected chi connectivity index (χ0v) is 39.7. The second-order valence-electron chi connectivity index (χ2n) is 18.8. The summed E-state index contributed by atoms with van der Waals surface area (Å²) in [5, 5.41) is 2.51. The van der Waals surface area contributed by atoms with E-state index >= 15 is 0 Å². The van der Waals surface area contributed by atoms with Gasteiger partial charge in [0.25, 0.3) is 0 Å². The molecule has 12 aromatic carbocycles. The molecule has 1 nitrogen and oxygen atoms in total. The quantitative estimate of drug-likeness (QED) is 0.132. The van der Waals surface area contributed by atoms with Crippen molar-refractivity contribution >= 4 is 27.8 Å². The first-order chi connectivity index (χ1) is 35.7. The van der Waals surface area contributed by atoms with Crippen LogP contribution in [0.3, 0.4) is 0 Å². The Balaban J connectivity index is 0.905. The Morgan fingerprint density at radius 3 is 1.26 bits per heavy atom. The van der Waals surface area contributed by atoms with Crippen molar-refractivity contribution in [2.24, 2.45) is 0 Å². The molecule has 0 heterocycles. The molecular weight excluding hydrogens is 867 g/mol. The molecule has 0 saturated carbocycles. The van der Waals surface area contributed by atoms with E-state index in [0.717, 1.165) is 28.2 Å². The lowest BCUT2D eigenvalue weighted by molar-refractivity contribution is 0.768. The summed E-state index contributed by atoms with van der Waals surface area (Å²) in [6.45, 7) is 0. The summed E-state index contributed by atoms with van der Waals surface area (Å²) < 4.78 is 0. The zero-order valence-electron chi connectivity index (χ0n) is 39.7. The molecule has 0 aromatic heterocycles. The van der Waals surface area contributed by atoms with E-state index < -0.39 is 5.41 Å². The molecule has 0 bridgehead atoms. The fourth-order valence-corrected chi connectivity index (χ4v) is 11.4. The number of hydrogen-bond donors (Lipinski definition) is 0. The molecule has 0 saturated heterocycles.